The molecule has 0 spiro atoms. The van der Waals surface area contributed by atoms with Crippen LogP contribution in [0.2, 0.25) is 5.02 Å². The van der Waals surface area contributed by atoms with Crippen LogP contribution in [0.25, 0.3) is 16.8 Å². The number of halogens is 1. The summed E-state index contributed by atoms with van der Waals surface area (Å²) in [5.74, 6) is 0.581. The number of nitrogens with zero attached hydrogens (tertiary/aromatic N) is 1. The number of hydrogen-bond donors (Lipinski definition) is 0. The fraction of sp³-hybridized carbons (Fsp3) is 0.130. The number of benzene rings is 3. The van der Waals surface area contributed by atoms with Crippen molar-refractivity contribution in [3.05, 3.63) is 76.2 Å². The van der Waals surface area contributed by atoms with Gasteiger partial charge >= 0.3 is 0 Å². The molecule has 0 bridgehead atoms. The fourth-order valence-corrected chi connectivity index (χ4v) is 4.68. The Kier molecular flexibility index (Phi) is 5.63. The van der Waals surface area contributed by atoms with Crippen LogP contribution in [0.3, 0.4) is 0 Å². The molecule has 4 rings (SSSR count). The Bertz CT molecular complexity index is 1160. The van der Waals surface area contributed by atoms with Gasteiger partial charge in [0.1, 0.15) is 5.75 Å². The monoisotopic (exact) mass is 439 g/mol. The number of amides is 1. The van der Waals surface area contributed by atoms with Crippen LogP contribution in [0, 0.1) is 0 Å². The number of fused-ring (bicyclic) bond motifs is 1. The molecule has 0 N–H and O–H groups in total. The van der Waals surface area contributed by atoms with E-state index in [0.717, 1.165) is 22.1 Å². The summed E-state index contributed by atoms with van der Waals surface area (Å²) in [4.78, 5) is 15.2. The minimum absolute atomic E-state index is 0.0179. The molecule has 146 valence electrons. The number of ether oxygens (including phenoxy) is 1. The number of hydrogen-bond acceptors (Lipinski definition) is 4. The number of carbonyl (C=O) groups is 1. The molecular weight excluding hydrogens is 422 g/mol. The molecule has 0 aromatic heterocycles. The maximum Gasteiger partial charge on any atom is 0.270 e. The number of thioether (sulfide) groups is 1. The minimum Gasteiger partial charge on any atom is -0.490 e. The van der Waals surface area contributed by atoms with Crippen molar-refractivity contribution in [1.29, 1.82) is 0 Å². The molecule has 1 aliphatic rings. The van der Waals surface area contributed by atoms with Crippen molar-refractivity contribution in [1.82, 2.24) is 0 Å². The number of rotatable bonds is 4. The first-order chi connectivity index (χ1) is 13.9. The van der Waals surface area contributed by atoms with Gasteiger partial charge in [0.2, 0.25) is 0 Å². The first kappa shape index (κ1) is 20.0. The van der Waals surface area contributed by atoms with Crippen molar-refractivity contribution < 1.29 is 9.53 Å². The molecule has 1 aliphatic heterocycles. The Morgan fingerprint density at radius 3 is 2.66 bits per heavy atom. The molecule has 0 atom stereocenters. The largest absolute Gasteiger partial charge is 0.490 e. The van der Waals surface area contributed by atoms with Crippen molar-refractivity contribution in [2.75, 3.05) is 4.90 Å². The van der Waals surface area contributed by atoms with Crippen LogP contribution < -0.4 is 9.64 Å². The lowest BCUT2D eigenvalue weighted by molar-refractivity contribution is -0.113. The van der Waals surface area contributed by atoms with Gasteiger partial charge in [0.05, 0.1) is 16.7 Å². The van der Waals surface area contributed by atoms with Gasteiger partial charge < -0.3 is 4.74 Å². The van der Waals surface area contributed by atoms with Crippen molar-refractivity contribution in [2.45, 2.75) is 20.0 Å². The quantitative estimate of drug-likeness (QED) is 0.334. The van der Waals surface area contributed by atoms with Crippen molar-refractivity contribution in [2.24, 2.45) is 0 Å². The zero-order valence-electron chi connectivity index (χ0n) is 15.9. The van der Waals surface area contributed by atoms with E-state index < -0.39 is 0 Å². The van der Waals surface area contributed by atoms with Crippen LogP contribution in [0.1, 0.15) is 19.4 Å². The van der Waals surface area contributed by atoms with E-state index in [9.17, 15) is 4.79 Å². The fourth-order valence-electron chi connectivity index (χ4n) is 3.22. The van der Waals surface area contributed by atoms with Crippen LogP contribution in [0.4, 0.5) is 5.69 Å². The maximum absolute atomic E-state index is 13.2. The van der Waals surface area contributed by atoms with E-state index in [2.05, 4.69) is 0 Å². The van der Waals surface area contributed by atoms with Gasteiger partial charge in [-0.25, -0.2) is 0 Å². The highest BCUT2D eigenvalue weighted by atomic mass is 35.5. The Morgan fingerprint density at radius 1 is 1.10 bits per heavy atom. The molecule has 3 aromatic rings. The predicted octanol–water partition coefficient (Wildman–Crippen LogP) is 6.69. The van der Waals surface area contributed by atoms with E-state index >= 15 is 0 Å². The van der Waals surface area contributed by atoms with Gasteiger partial charge in [-0.05, 0) is 55.0 Å². The van der Waals surface area contributed by atoms with E-state index in [1.807, 2.05) is 62.4 Å². The minimum atomic E-state index is -0.161. The molecule has 0 saturated carbocycles. The molecular formula is C23H18ClNO2S2. The van der Waals surface area contributed by atoms with Gasteiger partial charge in [-0.1, -0.05) is 72.0 Å². The summed E-state index contributed by atoms with van der Waals surface area (Å²) in [5.41, 5.74) is 1.54. The Morgan fingerprint density at radius 2 is 1.90 bits per heavy atom. The lowest BCUT2D eigenvalue weighted by Crippen LogP contribution is -2.27. The predicted molar refractivity (Wildman–Crippen MR) is 127 cm³/mol. The average molecular weight is 440 g/mol. The Balaban J connectivity index is 1.81. The second kappa shape index (κ2) is 8.19. The average Bonchev–Trinajstić information content (AvgIpc) is 2.96. The third-order valence-corrected chi connectivity index (χ3v) is 5.97. The topological polar surface area (TPSA) is 29.5 Å². The van der Waals surface area contributed by atoms with E-state index in [-0.39, 0.29) is 12.0 Å². The van der Waals surface area contributed by atoms with Gasteiger partial charge in [-0.3, -0.25) is 9.69 Å². The molecule has 3 nitrogen and oxygen atoms in total. The van der Waals surface area contributed by atoms with E-state index in [0.29, 0.717) is 19.9 Å². The smallest absolute Gasteiger partial charge is 0.270 e. The molecule has 1 amide bonds. The van der Waals surface area contributed by atoms with E-state index in [1.165, 1.54) is 16.7 Å². The SMILES string of the molecule is CC(C)Oc1ccc2ccccc2c1/C=C1\SC(=S)N(c2cccc(Cl)c2)C1=O. The molecule has 0 unspecified atom stereocenters. The number of thiocarbonyl (C=S) groups is 1. The summed E-state index contributed by atoms with van der Waals surface area (Å²) >= 11 is 12.9. The maximum atomic E-state index is 13.2. The Hall–Kier alpha value is -2.34. The van der Waals surface area contributed by atoms with Gasteiger partial charge in [-0.15, -0.1) is 0 Å². The van der Waals surface area contributed by atoms with Gasteiger partial charge in [0, 0.05) is 10.6 Å². The standard InChI is InChI=1S/C23H18ClNO2S2/c1-14(2)27-20-11-10-15-6-3-4-9-18(15)19(20)13-21-22(26)25(23(28)29-21)17-8-5-7-16(24)12-17/h3-14H,1-2H3/b21-13-. The molecule has 0 aliphatic carbocycles. The highest BCUT2D eigenvalue weighted by Gasteiger charge is 2.33. The highest BCUT2D eigenvalue weighted by molar-refractivity contribution is 8.27. The van der Waals surface area contributed by atoms with E-state index in [4.69, 9.17) is 28.6 Å². The third kappa shape index (κ3) is 4.04. The molecule has 1 saturated heterocycles. The highest BCUT2D eigenvalue weighted by Crippen LogP contribution is 2.39. The van der Waals surface area contributed by atoms with Crippen molar-refractivity contribution >= 4 is 68.3 Å². The summed E-state index contributed by atoms with van der Waals surface area (Å²) in [6.45, 7) is 3.97. The number of anilines is 1. The van der Waals surface area contributed by atoms with Crippen LogP contribution in [0.5, 0.6) is 5.75 Å². The second-order valence-electron chi connectivity index (χ2n) is 6.86. The van der Waals surface area contributed by atoms with Gasteiger partial charge in [0.25, 0.3) is 5.91 Å². The first-order valence-corrected chi connectivity index (χ1v) is 10.8. The molecule has 0 radical (unpaired) electrons. The zero-order chi connectivity index (χ0) is 20.5. The summed E-state index contributed by atoms with van der Waals surface area (Å²) in [5, 5.41) is 2.67. The summed E-state index contributed by atoms with van der Waals surface area (Å²) < 4.78 is 6.51. The first-order valence-electron chi connectivity index (χ1n) is 9.16. The molecule has 6 heteroatoms. The van der Waals surface area contributed by atoms with Crippen LogP contribution in [-0.2, 0) is 4.79 Å². The lowest BCUT2D eigenvalue weighted by Gasteiger charge is -2.15. The van der Waals surface area contributed by atoms with Crippen LogP contribution in [0.15, 0.2) is 65.6 Å². The zero-order valence-corrected chi connectivity index (χ0v) is 18.3. The van der Waals surface area contributed by atoms with Gasteiger partial charge in [-0.2, -0.15) is 0 Å². The summed E-state index contributed by atoms with van der Waals surface area (Å²) in [7, 11) is 0. The van der Waals surface area contributed by atoms with Crippen molar-refractivity contribution in [3.63, 3.8) is 0 Å². The van der Waals surface area contributed by atoms with E-state index in [1.54, 1.807) is 18.2 Å². The van der Waals surface area contributed by atoms with Crippen molar-refractivity contribution in [3.8, 4) is 5.75 Å². The molecule has 1 fully saturated rings. The normalized spacial score (nSPS) is 15.7. The third-order valence-electron chi connectivity index (χ3n) is 4.43. The number of carbonyl (C=O) groups excluding carboxylic acids is 1. The van der Waals surface area contributed by atoms with Crippen LogP contribution >= 0.6 is 35.6 Å². The van der Waals surface area contributed by atoms with Crippen LogP contribution in [-0.4, -0.2) is 16.3 Å². The molecule has 29 heavy (non-hydrogen) atoms. The molecule has 1 heterocycles. The van der Waals surface area contributed by atoms with Gasteiger partial charge in [0.15, 0.2) is 4.32 Å². The molecule has 3 aromatic carbocycles. The summed E-state index contributed by atoms with van der Waals surface area (Å²) in [6, 6.07) is 19.2. The summed E-state index contributed by atoms with van der Waals surface area (Å²) in [6.07, 6.45) is 1.90. The lowest BCUT2D eigenvalue weighted by atomic mass is 10.0. The Labute approximate surface area is 184 Å². The second-order valence-corrected chi connectivity index (χ2v) is 8.97.